The van der Waals surface area contributed by atoms with Crippen LogP contribution in [0.5, 0.6) is 0 Å². The molecule has 6 nitrogen and oxygen atoms in total. The number of nitrogens with one attached hydrogen (secondary N) is 1. The monoisotopic (exact) mass is 426 g/mol. The fraction of sp³-hybridized carbons (Fsp3) is 0.238. The van der Waals surface area contributed by atoms with E-state index in [9.17, 15) is 14.9 Å². The molecule has 3 aromatic rings. The minimum absolute atomic E-state index is 0.154. The lowest BCUT2D eigenvalue weighted by atomic mass is 10.2. The number of carbonyl (C=O) groups excluding carboxylic acids is 1. The molecule has 29 heavy (non-hydrogen) atoms. The van der Waals surface area contributed by atoms with E-state index in [1.54, 1.807) is 54.0 Å². The van der Waals surface area contributed by atoms with Crippen LogP contribution in [0.3, 0.4) is 0 Å². The summed E-state index contributed by atoms with van der Waals surface area (Å²) in [5, 5.41) is 12.9. The van der Waals surface area contributed by atoms with Crippen molar-refractivity contribution in [2.75, 3.05) is 5.32 Å². The number of thioether (sulfide) groups is 1. The van der Waals surface area contributed by atoms with E-state index in [0.29, 0.717) is 38.9 Å². The van der Waals surface area contributed by atoms with Crippen molar-refractivity contribution < 1.29 is 4.79 Å². The van der Waals surface area contributed by atoms with Crippen LogP contribution in [0.25, 0.3) is 10.9 Å². The Labute approximate surface area is 177 Å². The van der Waals surface area contributed by atoms with Crippen LogP contribution in [0.1, 0.15) is 25.8 Å². The van der Waals surface area contributed by atoms with Gasteiger partial charge >= 0.3 is 0 Å². The van der Waals surface area contributed by atoms with Crippen molar-refractivity contribution in [1.29, 1.82) is 5.26 Å². The van der Waals surface area contributed by atoms with Crippen molar-refractivity contribution >= 4 is 45.9 Å². The first kappa shape index (κ1) is 20.9. The number of fused-ring (bicyclic) bond motifs is 1. The van der Waals surface area contributed by atoms with Crippen molar-refractivity contribution in [3.8, 4) is 6.07 Å². The third-order valence-corrected chi connectivity index (χ3v) is 5.61. The fourth-order valence-electron chi connectivity index (χ4n) is 2.82. The van der Waals surface area contributed by atoms with Gasteiger partial charge in [0.2, 0.25) is 5.91 Å². The topological polar surface area (TPSA) is 87.8 Å². The van der Waals surface area contributed by atoms with Crippen LogP contribution in [-0.4, -0.2) is 20.7 Å². The number of hydrogen-bond acceptors (Lipinski definition) is 5. The molecule has 0 spiro atoms. The molecular formula is C21H19ClN4O2S. The van der Waals surface area contributed by atoms with Gasteiger partial charge in [0.25, 0.3) is 5.56 Å². The molecular weight excluding hydrogens is 408 g/mol. The molecule has 0 saturated heterocycles. The van der Waals surface area contributed by atoms with Crippen LogP contribution in [0, 0.1) is 11.3 Å². The summed E-state index contributed by atoms with van der Waals surface area (Å²) in [5.41, 5.74) is 1.19. The number of para-hydroxylation sites is 1. The Hall–Kier alpha value is -2.82. The van der Waals surface area contributed by atoms with Gasteiger partial charge in [-0.05, 0) is 43.7 Å². The number of carbonyl (C=O) groups is 1. The number of halogens is 1. The summed E-state index contributed by atoms with van der Waals surface area (Å²) >= 11 is 7.25. The average molecular weight is 427 g/mol. The normalized spacial score (nSPS) is 11.8. The molecule has 8 heteroatoms. The van der Waals surface area contributed by atoms with Crippen molar-refractivity contribution in [2.45, 2.75) is 37.2 Å². The first-order chi connectivity index (χ1) is 13.9. The predicted octanol–water partition coefficient (Wildman–Crippen LogP) is 4.45. The first-order valence-corrected chi connectivity index (χ1v) is 10.4. The molecule has 0 aliphatic carbocycles. The highest BCUT2D eigenvalue weighted by Crippen LogP contribution is 2.25. The Morgan fingerprint density at radius 2 is 2.10 bits per heavy atom. The lowest BCUT2D eigenvalue weighted by Crippen LogP contribution is -2.27. The molecule has 148 valence electrons. The second-order valence-electron chi connectivity index (χ2n) is 6.42. The highest BCUT2D eigenvalue weighted by Gasteiger charge is 2.20. The zero-order valence-corrected chi connectivity index (χ0v) is 17.5. The summed E-state index contributed by atoms with van der Waals surface area (Å²) in [6.45, 7) is 4.21. The van der Waals surface area contributed by atoms with Gasteiger partial charge in [-0.3, -0.25) is 14.2 Å². The molecule has 1 aromatic heterocycles. The second-order valence-corrected chi connectivity index (χ2v) is 8.16. The number of hydrogen-bond donors (Lipinski definition) is 1. The first-order valence-electron chi connectivity index (χ1n) is 9.11. The van der Waals surface area contributed by atoms with E-state index in [2.05, 4.69) is 16.4 Å². The quantitative estimate of drug-likeness (QED) is 0.464. The molecule has 3 rings (SSSR count). The van der Waals surface area contributed by atoms with Gasteiger partial charge in [0.15, 0.2) is 5.16 Å². The highest BCUT2D eigenvalue weighted by atomic mass is 35.5. The minimum atomic E-state index is -0.534. The molecule has 0 fully saturated rings. The Balaban J connectivity index is 1.91. The van der Waals surface area contributed by atoms with Crippen LogP contribution in [0.15, 0.2) is 52.4 Å². The largest absolute Gasteiger partial charge is 0.324 e. The van der Waals surface area contributed by atoms with Gasteiger partial charge in [-0.25, -0.2) is 4.98 Å². The molecule has 0 bridgehead atoms. The van der Waals surface area contributed by atoms with Crippen molar-refractivity contribution in [2.24, 2.45) is 0 Å². The van der Waals surface area contributed by atoms with Crippen LogP contribution in [-0.2, 0) is 11.3 Å². The molecule has 1 atom stereocenters. The predicted molar refractivity (Wildman–Crippen MR) is 116 cm³/mol. The zero-order chi connectivity index (χ0) is 21.0. The standard InChI is InChI=1S/C21H19ClN4O2S/c1-3-10-26-20(28)16-9-8-15(22)11-18(16)25-21(26)29-13(2)19(27)24-17-7-5-4-6-14(17)12-23/h4-9,11,13H,3,10H2,1-2H3,(H,24,27). The number of amides is 1. The number of anilines is 1. The zero-order valence-electron chi connectivity index (χ0n) is 16.0. The van der Waals surface area contributed by atoms with Gasteiger partial charge < -0.3 is 5.32 Å². The fourth-order valence-corrected chi connectivity index (χ4v) is 3.92. The van der Waals surface area contributed by atoms with Gasteiger partial charge in [-0.15, -0.1) is 0 Å². The summed E-state index contributed by atoms with van der Waals surface area (Å²) in [5.74, 6) is -0.277. The molecule has 1 unspecified atom stereocenters. The molecule has 1 N–H and O–H groups in total. The van der Waals surface area contributed by atoms with Crippen molar-refractivity contribution in [3.05, 3.63) is 63.4 Å². The Morgan fingerprint density at radius 1 is 1.34 bits per heavy atom. The van der Waals surface area contributed by atoms with E-state index in [1.807, 2.05) is 6.92 Å². The SMILES string of the molecule is CCCn1c(SC(C)C(=O)Nc2ccccc2C#N)nc2cc(Cl)ccc2c1=O. The maximum absolute atomic E-state index is 12.9. The maximum Gasteiger partial charge on any atom is 0.262 e. The molecule has 1 amide bonds. The number of nitrogens with zero attached hydrogens (tertiary/aromatic N) is 3. The molecule has 0 aliphatic rings. The molecule has 1 heterocycles. The van der Waals surface area contributed by atoms with Crippen LogP contribution >= 0.6 is 23.4 Å². The summed E-state index contributed by atoms with van der Waals surface area (Å²) in [4.78, 5) is 30.2. The van der Waals surface area contributed by atoms with E-state index >= 15 is 0 Å². The van der Waals surface area contributed by atoms with Crippen LogP contribution < -0.4 is 10.9 Å². The van der Waals surface area contributed by atoms with E-state index in [0.717, 1.165) is 6.42 Å². The van der Waals surface area contributed by atoms with Gasteiger partial charge in [0.1, 0.15) is 6.07 Å². The van der Waals surface area contributed by atoms with E-state index in [-0.39, 0.29) is 11.5 Å². The molecule has 0 aliphatic heterocycles. The summed E-state index contributed by atoms with van der Waals surface area (Å²) < 4.78 is 1.59. The molecule has 0 saturated carbocycles. The summed E-state index contributed by atoms with van der Waals surface area (Å²) in [6, 6.07) is 13.8. The Bertz CT molecular complexity index is 1170. The number of aromatic nitrogens is 2. The van der Waals surface area contributed by atoms with E-state index in [1.165, 1.54) is 11.8 Å². The van der Waals surface area contributed by atoms with E-state index in [4.69, 9.17) is 11.6 Å². The van der Waals surface area contributed by atoms with Crippen LogP contribution in [0.4, 0.5) is 5.69 Å². The van der Waals surface area contributed by atoms with Gasteiger partial charge in [-0.2, -0.15) is 5.26 Å². The van der Waals surface area contributed by atoms with Crippen molar-refractivity contribution in [3.63, 3.8) is 0 Å². The van der Waals surface area contributed by atoms with Gasteiger partial charge in [0.05, 0.1) is 27.4 Å². The lowest BCUT2D eigenvalue weighted by molar-refractivity contribution is -0.115. The Morgan fingerprint density at radius 3 is 2.83 bits per heavy atom. The van der Waals surface area contributed by atoms with Gasteiger partial charge in [0, 0.05) is 11.6 Å². The summed E-state index contributed by atoms with van der Waals surface area (Å²) in [7, 11) is 0. The Kier molecular flexibility index (Phi) is 6.57. The smallest absolute Gasteiger partial charge is 0.262 e. The van der Waals surface area contributed by atoms with E-state index < -0.39 is 5.25 Å². The number of rotatable bonds is 6. The molecule has 2 aromatic carbocycles. The minimum Gasteiger partial charge on any atom is -0.324 e. The van der Waals surface area contributed by atoms with Crippen molar-refractivity contribution in [1.82, 2.24) is 9.55 Å². The second kappa shape index (κ2) is 9.12. The number of nitriles is 1. The number of benzene rings is 2. The lowest BCUT2D eigenvalue weighted by Gasteiger charge is -2.16. The average Bonchev–Trinajstić information content (AvgIpc) is 2.71. The summed E-state index contributed by atoms with van der Waals surface area (Å²) in [6.07, 6.45) is 0.754. The molecule has 0 radical (unpaired) electrons. The third-order valence-electron chi connectivity index (χ3n) is 4.29. The third kappa shape index (κ3) is 4.61. The van der Waals surface area contributed by atoms with Crippen LogP contribution in [0.2, 0.25) is 5.02 Å². The maximum atomic E-state index is 12.9. The van der Waals surface area contributed by atoms with Gasteiger partial charge in [-0.1, -0.05) is 42.4 Å². The highest BCUT2D eigenvalue weighted by molar-refractivity contribution is 8.00.